The van der Waals surface area contributed by atoms with Crippen LogP contribution in [0.5, 0.6) is 0 Å². The van der Waals surface area contributed by atoms with E-state index in [1.165, 1.54) is 8.47 Å². The maximum atomic E-state index is 6.11. The third-order valence-corrected chi connectivity index (χ3v) is 6.64. The van der Waals surface area contributed by atoms with Crippen LogP contribution in [0.2, 0.25) is 0 Å². The average molecular weight is 357 g/mol. The van der Waals surface area contributed by atoms with Gasteiger partial charge in [-0.25, -0.2) is 0 Å². The van der Waals surface area contributed by atoms with Crippen LogP contribution in [0.3, 0.4) is 0 Å². The molecule has 0 unspecified atom stereocenters. The Hall–Kier alpha value is -0.680. The van der Waals surface area contributed by atoms with Gasteiger partial charge in [0.25, 0.3) is 0 Å². The zero-order chi connectivity index (χ0) is 12.3. The summed E-state index contributed by atoms with van der Waals surface area (Å²) in [7, 11) is 0. The number of rotatable bonds is 3. The van der Waals surface area contributed by atoms with Crippen molar-refractivity contribution < 1.29 is 0 Å². The minimum absolute atomic E-state index is 0.905. The first-order valence-corrected chi connectivity index (χ1v) is 11.5. The Morgan fingerprint density at radius 1 is 1.00 bits per heavy atom. The molecule has 1 nitrogen and oxygen atoms in total. The van der Waals surface area contributed by atoms with Crippen molar-refractivity contribution in [2.75, 3.05) is 15.6 Å². The van der Waals surface area contributed by atoms with Crippen LogP contribution in [0.25, 0.3) is 0 Å². The van der Waals surface area contributed by atoms with Gasteiger partial charge in [0.05, 0.1) is 0 Å². The number of nitrogens with two attached hydrogens (primary N) is 1. The van der Waals surface area contributed by atoms with Crippen molar-refractivity contribution >= 4 is 37.3 Å². The molecule has 0 aromatic heterocycles. The van der Waals surface area contributed by atoms with Crippen molar-refractivity contribution in [3.05, 3.63) is 52.1 Å². The quantitative estimate of drug-likeness (QED) is 0.502. The molecule has 2 aromatic rings. The Bertz CT molecular complexity index is 497. The van der Waals surface area contributed by atoms with Gasteiger partial charge in [-0.1, -0.05) is 0 Å². The molecular weight excluding hydrogens is 341 g/mol. The normalized spacial score (nSPS) is 11.3. The van der Waals surface area contributed by atoms with Crippen molar-refractivity contribution in [1.29, 1.82) is 0 Å². The molecule has 0 saturated carbocycles. The van der Waals surface area contributed by atoms with E-state index >= 15 is 0 Å². The topological polar surface area (TPSA) is 26.0 Å². The number of hydrogen-bond donors (Lipinski definition) is 1. The predicted octanol–water partition coefficient (Wildman–Crippen LogP) is 4.36. The van der Waals surface area contributed by atoms with Gasteiger partial charge in [-0.2, -0.15) is 0 Å². The van der Waals surface area contributed by atoms with Crippen molar-refractivity contribution in [3.63, 3.8) is 0 Å². The van der Waals surface area contributed by atoms with Gasteiger partial charge in [-0.05, 0) is 0 Å². The fourth-order valence-electron chi connectivity index (χ4n) is 1.46. The third-order valence-electron chi connectivity index (χ3n) is 2.38. The molecule has 2 aromatic carbocycles. The molecular formula is C14H16INS. The molecule has 0 saturated heterocycles. The molecule has 2 N–H and O–H groups in total. The Morgan fingerprint density at radius 2 is 1.71 bits per heavy atom. The van der Waals surface area contributed by atoms with Gasteiger partial charge in [-0.15, -0.1) is 0 Å². The Labute approximate surface area is 114 Å². The van der Waals surface area contributed by atoms with Crippen LogP contribution in [0, 0.1) is 3.57 Å². The van der Waals surface area contributed by atoms with Crippen LogP contribution >= 0.6 is 31.6 Å². The molecule has 2 rings (SSSR count). The number of halogens is 1. The van der Waals surface area contributed by atoms with Crippen LogP contribution in [0.15, 0.2) is 58.3 Å². The van der Waals surface area contributed by atoms with Gasteiger partial charge in [0.1, 0.15) is 0 Å². The van der Waals surface area contributed by atoms with Gasteiger partial charge in [0, 0.05) is 0 Å². The van der Waals surface area contributed by atoms with E-state index in [4.69, 9.17) is 5.73 Å². The monoisotopic (exact) mass is 357 g/mol. The first-order valence-electron chi connectivity index (χ1n) is 5.29. The molecule has 0 bridgehead atoms. The van der Waals surface area contributed by atoms with Crippen LogP contribution < -0.4 is 5.73 Å². The second kappa shape index (κ2) is 5.78. The first kappa shape index (κ1) is 12.8. The summed E-state index contributed by atoms with van der Waals surface area (Å²) in [6, 6.07) is 16.9. The van der Waals surface area contributed by atoms with E-state index < -0.39 is 19.8 Å². The van der Waals surface area contributed by atoms with E-state index in [0.29, 0.717) is 0 Å². The van der Waals surface area contributed by atoms with E-state index in [2.05, 4.69) is 52.3 Å². The molecule has 0 radical (unpaired) electrons. The summed E-state index contributed by atoms with van der Waals surface area (Å²) in [6.45, 7) is 0. The summed E-state index contributed by atoms with van der Waals surface area (Å²) >= 11 is 0.812. The summed E-state index contributed by atoms with van der Waals surface area (Å²) in [4.78, 5) is 7.05. The third kappa shape index (κ3) is 3.39. The van der Waals surface area contributed by atoms with Crippen molar-refractivity contribution in [1.82, 2.24) is 0 Å². The number of benzene rings is 2. The number of hydrogen-bond acceptors (Lipinski definition) is 2. The standard InChI is InChI=1S/C14H16INS/c1-15(2)11-8-9-14(13(16)10-11)17-12-6-4-3-5-7-12/h3-10H,16H2,1-2H3. The van der Waals surface area contributed by atoms with Gasteiger partial charge in [0.15, 0.2) is 0 Å². The van der Waals surface area contributed by atoms with Crippen LogP contribution in [0.4, 0.5) is 5.69 Å². The first-order chi connectivity index (χ1) is 8.16. The summed E-state index contributed by atoms with van der Waals surface area (Å²) in [5.41, 5.74) is 7.02. The van der Waals surface area contributed by atoms with Crippen molar-refractivity contribution in [2.45, 2.75) is 9.79 Å². The summed E-state index contributed by atoms with van der Waals surface area (Å²) < 4.78 is 1.45. The molecule has 0 heterocycles. The molecule has 0 amide bonds. The zero-order valence-corrected chi connectivity index (χ0v) is 13.0. The molecule has 0 fully saturated rings. The molecule has 0 aliphatic carbocycles. The van der Waals surface area contributed by atoms with Gasteiger partial charge >= 0.3 is 115 Å². The van der Waals surface area contributed by atoms with Gasteiger partial charge < -0.3 is 0 Å². The number of alkyl halides is 2. The van der Waals surface area contributed by atoms with E-state index in [1.54, 1.807) is 11.8 Å². The molecule has 17 heavy (non-hydrogen) atoms. The molecule has 3 heteroatoms. The number of nitrogen functional groups attached to an aromatic ring is 1. The Morgan fingerprint density at radius 3 is 2.29 bits per heavy atom. The molecule has 0 spiro atoms. The molecule has 90 valence electrons. The zero-order valence-electron chi connectivity index (χ0n) is 9.98. The molecule has 0 aliphatic rings. The van der Waals surface area contributed by atoms with E-state index in [1.807, 2.05) is 6.07 Å². The maximum absolute atomic E-state index is 6.11. The Kier molecular flexibility index (Phi) is 4.34. The van der Waals surface area contributed by atoms with Crippen LogP contribution in [0.1, 0.15) is 0 Å². The van der Waals surface area contributed by atoms with Crippen molar-refractivity contribution in [2.24, 2.45) is 0 Å². The van der Waals surface area contributed by atoms with Gasteiger partial charge in [-0.3, -0.25) is 0 Å². The van der Waals surface area contributed by atoms with E-state index in [9.17, 15) is 0 Å². The number of anilines is 1. The van der Waals surface area contributed by atoms with Crippen LogP contribution in [-0.2, 0) is 0 Å². The van der Waals surface area contributed by atoms with E-state index in [-0.39, 0.29) is 0 Å². The van der Waals surface area contributed by atoms with Crippen LogP contribution in [-0.4, -0.2) is 9.86 Å². The minimum atomic E-state index is -0.915. The predicted molar refractivity (Wildman–Crippen MR) is 86.0 cm³/mol. The fourth-order valence-corrected chi connectivity index (χ4v) is 4.18. The summed E-state index contributed by atoms with van der Waals surface area (Å²) in [5, 5.41) is 0. The second-order valence-electron chi connectivity index (χ2n) is 3.85. The summed E-state index contributed by atoms with van der Waals surface area (Å²) in [5.74, 6) is 0. The second-order valence-corrected chi connectivity index (χ2v) is 10.5. The average Bonchev–Trinajstić information content (AvgIpc) is 2.33. The Balaban J connectivity index is 2.23. The van der Waals surface area contributed by atoms with E-state index in [0.717, 1.165) is 10.6 Å². The summed E-state index contributed by atoms with van der Waals surface area (Å²) in [6.07, 6.45) is 0. The van der Waals surface area contributed by atoms with Gasteiger partial charge in [0.2, 0.25) is 0 Å². The van der Waals surface area contributed by atoms with Crippen molar-refractivity contribution in [3.8, 4) is 0 Å². The molecule has 0 aliphatic heterocycles. The fraction of sp³-hybridized carbons (Fsp3) is 0.143. The SMILES string of the molecule is CI(C)c1ccc(Sc2ccccc2)c(N)c1. The molecule has 0 atom stereocenters.